The number of nitro benzene ring substituents is 1. The highest BCUT2D eigenvalue weighted by Gasteiger charge is 2.30. The molecule has 0 spiro atoms. The average molecular weight is 288 g/mol. The van der Waals surface area contributed by atoms with Gasteiger partial charge in [0.15, 0.2) is 0 Å². The van der Waals surface area contributed by atoms with E-state index in [-0.39, 0.29) is 10.6 Å². The molecule has 0 saturated heterocycles. The summed E-state index contributed by atoms with van der Waals surface area (Å²) >= 11 is 0. The Morgan fingerprint density at radius 3 is 2.53 bits per heavy atom. The van der Waals surface area contributed by atoms with Crippen molar-refractivity contribution in [3.63, 3.8) is 0 Å². The van der Waals surface area contributed by atoms with E-state index in [4.69, 9.17) is 5.11 Å². The van der Waals surface area contributed by atoms with Crippen molar-refractivity contribution >= 4 is 21.7 Å². The lowest BCUT2D eigenvalue weighted by atomic mass is 10.3. The van der Waals surface area contributed by atoms with Crippen molar-refractivity contribution in [2.75, 3.05) is 7.05 Å². The third-order valence-electron chi connectivity index (χ3n) is 2.61. The van der Waals surface area contributed by atoms with Crippen molar-refractivity contribution in [3.05, 3.63) is 34.4 Å². The minimum atomic E-state index is -4.09. The number of nitro groups is 1. The standard InChI is InChI=1S/C10H12N2O6S/c1-7(10(13)14)11(2)19(17,18)9-5-3-4-8(6-9)12(15)16/h3-7H,1-2H3,(H,13,14). The van der Waals surface area contributed by atoms with Crippen LogP contribution in [0.25, 0.3) is 0 Å². The summed E-state index contributed by atoms with van der Waals surface area (Å²) in [6.07, 6.45) is 0. The van der Waals surface area contributed by atoms with E-state index in [1.807, 2.05) is 0 Å². The number of likely N-dealkylation sites (N-methyl/N-ethyl adjacent to an activating group) is 1. The number of sulfonamides is 1. The summed E-state index contributed by atoms with van der Waals surface area (Å²) in [5.41, 5.74) is -0.377. The average Bonchev–Trinajstić information content (AvgIpc) is 2.36. The van der Waals surface area contributed by atoms with Crippen LogP contribution >= 0.6 is 0 Å². The molecule has 0 bridgehead atoms. The second-order valence-electron chi connectivity index (χ2n) is 3.79. The van der Waals surface area contributed by atoms with Gasteiger partial charge in [-0.2, -0.15) is 4.31 Å². The van der Waals surface area contributed by atoms with Crippen LogP contribution in [0.4, 0.5) is 5.69 Å². The van der Waals surface area contributed by atoms with Gasteiger partial charge in [-0.3, -0.25) is 14.9 Å². The molecule has 0 aliphatic rings. The Balaban J connectivity index is 3.24. The first kappa shape index (κ1) is 15.1. The Kier molecular flexibility index (Phi) is 4.22. The van der Waals surface area contributed by atoms with Crippen LogP contribution in [0, 0.1) is 10.1 Å². The van der Waals surface area contributed by atoms with Gasteiger partial charge in [-0.05, 0) is 13.0 Å². The van der Waals surface area contributed by atoms with Gasteiger partial charge >= 0.3 is 5.97 Å². The molecule has 1 aromatic rings. The van der Waals surface area contributed by atoms with Gasteiger partial charge in [0.1, 0.15) is 6.04 Å². The van der Waals surface area contributed by atoms with Gasteiger partial charge < -0.3 is 5.11 Å². The number of non-ortho nitro benzene ring substituents is 1. The Bertz CT molecular complexity index is 612. The zero-order valence-corrected chi connectivity index (χ0v) is 11.0. The molecule has 1 N–H and O–H groups in total. The Labute approximate surface area is 109 Å². The second kappa shape index (κ2) is 5.33. The predicted octanol–water partition coefficient (Wildman–Crippen LogP) is 0.688. The number of aliphatic carboxylic acids is 1. The summed E-state index contributed by atoms with van der Waals surface area (Å²) in [6, 6.07) is 3.17. The van der Waals surface area contributed by atoms with Crippen molar-refractivity contribution in [2.45, 2.75) is 17.9 Å². The second-order valence-corrected chi connectivity index (χ2v) is 5.79. The number of rotatable bonds is 5. The summed E-state index contributed by atoms with van der Waals surface area (Å²) < 4.78 is 24.8. The topological polar surface area (TPSA) is 118 Å². The highest BCUT2D eigenvalue weighted by Crippen LogP contribution is 2.21. The van der Waals surface area contributed by atoms with Gasteiger partial charge in [0.05, 0.1) is 9.82 Å². The molecule has 0 heterocycles. The molecule has 9 heteroatoms. The van der Waals surface area contributed by atoms with E-state index < -0.39 is 27.0 Å². The SMILES string of the molecule is CC(C(=O)O)N(C)S(=O)(=O)c1cccc([N+](=O)[O-])c1. The molecule has 1 rings (SSSR count). The molecule has 1 aromatic carbocycles. The van der Waals surface area contributed by atoms with E-state index in [1.165, 1.54) is 19.1 Å². The molecule has 19 heavy (non-hydrogen) atoms. The van der Waals surface area contributed by atoms with Crippen molar-refractivity contribution in [2.24, 2.45) is 0 Å². The minimum absolute atomic E-state index is 0.322. The van der Waals surface area contributed by atoms with Crippen molar-refractivity contribution in [1.82, 2.24) is 4.31 Å². The zero-order valence-electron chi connectivity index (χ0n) is 10.2. The highest BCUT2D eigenvalue weighted by molar-refractivity contribution is 7.89. The summed E-state index contributed by atoms with van der Waals surface area (Å²) in [5.74, 6) is -1.31. The van der Waals surface area contributed by atoms with E-state index in [1.54, 1.807) is 0 Å². The van der Waals surface area contributed by atoms with Crippen LogP contribution in [0.2, 0.25) is 0 Å². The lowest BCUT2D eigenvalue weighted by molar-refractivity contribution is -0.385. The van der Waals surface area contributed by atoms with E-state index in [2.05, 4.69) is 0 Å². The third-order valence-corrected chi connectivity index (χ3v) is 4.53. The van der Waals surface area contributed by atoms with Crippen molar-refractivity contribution in [3.8, 4) is 0 Å². The highest BCUT2D eigenvalue weighted by atomic mass is 32.2. The third kappa shape index (κ3) is 3.06. The number of carboxylic acids is 1. The summed E-state index contributed by atoms with van der Waals surface area (Å²) in [5, 5.41) is 19.4. The number of hydrogen-bond acceptors (Lipinski definition) is 5. The van der Waals surface area contributed by atoms with Crippen LogP contribution in [0.1, 0.15) is 6.92 Å². The fourth-order valence-corrected chi connectivity index (χ4v) is 2.65. The zero-order chi connectivity index (χ0) is 14.8. The molecule has 0 aliphatic carbocycles. The van der Waals surface area contributed by atoms with E-state index >= 15 is 0 Å². The summed E-state index contributed by atoms with van der Waals surface area (Å²) in [6.45, 7) is 1.21. The first-order valence-corrected chi connectivity index (χ1v) is 6.57. The fourth-order valence-electron chi connectivity index (χ4n) is 1.29. The molecule has 8 nitrogen and oxygen atoms in total. The molecule has 0 amide bonds. The van der Waals surface area contributed by atoms with Crippen LogP contribution < -0.4 is 0 Å². The number of nitrogens with zero attached hydrogens (tertiary/aromatic N) is 2. The fraction of sp³-hybridized carbons (Fsp3) is 0.300. The molecular formula is C10H12N2O6S. The molecule has 1 unspecified atom stereocenters. The number of carboxylic acid groups (broad SMARTS) is 1. The lowest BCUT2D eigenvalue weighted by Gasteiger charge is -2.20. The van der Waals surface area contributed by atoms with Crippen molar-refractivity contribution < 1.29 is 23.2 Å². The smallest absolute Gasteiger partial charge is 0.321 e. The monoisotopic (exact) mass is 288 g/mol. The van der Waals surface area contributed by atoms with Crippen LogP contribution in [0.15, 0.2) is 29.2 Å². The number of carbonyl (C=O) groups is 1. The van der Waals surface area contributed by atoms with Crippen LogP contribution in [-0.4, -0.2) is 41.8 Å². The first-order chi connectivity index (χ1) is 8.67. The molecule has 0 aliphatic heterocycles. The number of benzene rings is 1. The van der Waals surface area contributed by atoms with Crippen LogP contribution in [-0.2, 0) is 14.8 Å². The maximum atomic E-state index is 12.1. The largest absolute Gasteiger partial charge is 0.480 e. The van der Waals surface area contributed by atoms with Gasteiger partial charge in [-0.25, -0.2) is 8.42 Å². The van der Waals surface area contributed by atoms with E-state index in [0.717, 1.165) is 19.2 Å². The maximum Gasteiger partial charge on any atom is 0.321 e. The Hall–Kier alpha value is -2.00. The van der Waals surface area contributed by atoms with Gasteiger partial charge in [0.25, 0.3) is 5.69 Å². The van der Waals surface area contributed by atoms with Gasteiger partial charge in [0, 0.05) is 19.2 Å². The van der Waals surface area contributed by atoms with E-state index in [0.29, 0.717) is 4.31 Å². The molecule has 0 saturated carbocycles. The molecule has 1 atom stereocenters. The summed E-state index contributed by atoms with van der Waals surface area (Å²) in [4.78, 5) is 20.3. The lowest BCUT2D eigenvalue weighted by Crippen LogP contribution is -2.40. The molecule has 104 valence electrons. The molecule has 0 radical (unpaired) electrons. The van der Waals surface area contributed by atoms with E-state index in [9.17, 15) is 23.3 Å². The molecule has 0 fully saturated rings. The molecular weight excluding hydrogens is 276 g/mol. The minimum Gasteiger partial charge on any atom is -0.480 e. The normalized spacial score (nSPS) is 13.2. The Morgan fingerprint density at radius 2 is 2.05 bits per heavy atom. The quantitative estimate of drug-likeness (QED) is 0.629. The summed E-state index contributed by atoms with van der Waals surface area (Å²) in [7, 11) is -2.99. The van der Waals surface area contributed by atoms with Crippen LogP contribution in [0.5, 0.6) is 0 Å². The first-order valence-electron chi connectivity index (χ1n) is 5.13. The number of hydrogen-bond donors (Lipinski definition) is 1. The van der Waals surface area contributed by atoms with Gasteiger partial charge in [-0.15, -0.1) is 0 Å². The van der Waals surface area contributed by atoms with Gasteiger partial charge in [0.2, 0.25) is 10.0 Å². The Morgan fingerprint density at radius 1 is 1.47 bits per heavy atom. The van der Waals surface area contributed by atoms with Gasteiger partial charge in [-0.1, -0.05) is 6.07 Å². The van der Waals surface area contributed by atoms with Crippen molar-refractivity contribution in [1.29, 1.82) is 0 Å². The maximum absolute atomic E-state index is 12.1. The predicted molar refractivity (Wildman–Crippen MR) is 65.1 cm³/mol. The van der Waals surface area contributed by atoms with Crippen LogP contribution in [0.3, 0.4) is 0 Å². The molecule has 0 aromatic heterocycles.